The van der Waals surface area contributed by atoms with E-state index in [9.17, 15) is 4.79 Å². The van der Waals surface area contributed by atoms with Crippen LogP contribution in [0.4, 0.5) is 5.13 Å². The monoisotopic (exact) mass is 345 g/mol. The molecule has 24 heavy (non-hydrogen) atoms. The van der Waals surface area contributed by atoms with Crippen molar-refractivity contribution in [1.29, 1.82) is 0 Å². The molecule has 7 heteroatoms. The topological polar surface area (TPSA) is 72.5 Å². The number of hydrogen-bond acceptors (Lipinski definition) is 6. The van der Waals surface area contributed by atoms with Crippen molar-refractivity contribution in [2.45, 2.75) is 6.92 Å². The quantitative estimate of drug-likeness (QED) is 0.890. The van der Waals surface area contributed by atoms with Crippen molar-refractivity contribution in [2.24, 2.45) is 11.8 Å². The largest absolute Gasteiger partial charge is 0.486 e. The van der Waals surface area contributed by atoms with E-state index >= 15 is 0 Å². The van der Waals surface area contributed by atoms with E-state index in [0.717, 1.165) is 35.8 Å². The molecule has 0 spiro atoms. The van der Waals surface area contributed by atoms with Crippen LogP contribution in [0.15, 0.2) is 23.6 Å². The molecule has 2 aliphatic rings. The third-order valence-corrected chi connectivity index (χ3v) is 5.26. The number of benzene rings is 1. The lowest BCUT2D eigenvalue weighted by Gasteiger charge is -2.31. The first kappa shape index (κ1) is 15.4. The van der Waals surface area contributed by atoms with Gasteiger partial charge in [0.2, 0.25) is 5.91 Å². The van der Waals surface area contributed by atoms with Crippen LogP contribution in [0.25, 0.3) is 11.3 Å². The highest BCUT2D eigenvalue weighted by atomic mass is 32.1. The van der Waals surface area contributed by atoms with Gasteiger partial charge < -0.3 is 20.1 Å². The molecule has 4 rings (SSSR count). The summed E-state index contributed by atoms with van der Waals surface area (Å²) in [6.07, 6.45) is 0. The van der Waals surface area contributed by atoms with E-state index in [1.54, 1.807) is 0 Å². The van der Waals surface area contributed by atoms with E-state index in [4.69, 9.17) is 9.47 Å². The van der Waals surface area contributed by atoms with Gasteiger partial charge in [-0.2, -0.15) is 0 Å². The zero-order chi connectivity index (χ0) is 16.5. The van der Waals surface area contributed by atoms with Gasteiger partial charge in [0, 0.05) is 16.9 Å². The molecule has 3 heterocycles. The third kappa shape index (κ3) is 2.97. The summed E-state index contributed by atoms with van der Waals surface area (Å²) in [6.45, 7) is 4.93. The summed E-state index contributed by atoms with van der Waals surface area (Å²) in [5.41, 5.74) is 1.78. The van der Waals surface area contributed by atoms with Crippen LogP contribution in [0.5, 0.6) is 11.5 Å². The Morgan fingerprint density at radius 3 is 2.88 bits per heavy atom. The number of aromatic nitrogens is 1. The van der Waals surface area contributed by atoms with Crippen LogP contribution in [0.2, 0.25) is 0 Å². The van der Waals surface area contributed by atoms with E-state index < -0.39 is 0 Å². The van der Waals surface area contributed by atoms with Crippen molar-refractivity contribution in [2.75, 3.05) is 31.6 Å². The van der Waals surface area contributed by atoms with Gasteiger partial charge in [0.05, 0.1) is 5.69 Å². The molecule has 1 amide bonds. The minimum absolute atomic E-state index is 0.00658. The van der Waals surface area contributed by atoms with Gasteiger partial charge >= 0.3 is 0 Å². The predicted octanol–water partition coefficient (Wildman–Crippen LogP) is 2.38. The molecule has 0 saturated carbocycles. The van der Waals surface area contributed by atoms with Gasteiger partial charge in [0.15, 0.2) is 16.6 Å². The number of carbonyl (C=O) groups excluding carboxylic acids is 1. The Balaban J connectivity index is 1.47. The number of fused-ring (bicyclic) bond motifs is 1. The standard InChI is InChI=1S/C17H19N3O3S/c1-10(12-7-18-8-12)16(21)20-17-19-13(9-24-17)11-2-3-14-15(6-11)23-5-4-22-14/h2-3,6,9-10,12,18H,4-5,7-8H2,1H3,(H,19,20,21). The Hall–Kier alpha value is -2.12. The second-order valence-corrected chi connectivity index (χ2v) is 6.95. The predicted molar refractivity (Wildman–Crippen MR) is 92.7 cm³/mol. The molecular weight excluding hydrogens is 326 g/mol. The molecule has 1 aromatic carbocycles. The highest BCUT2D eigenvalue weighted by molar-refractivity contribution is 7.14. The van der Waals surface area contributed by atoms with Crippen LogP contribution in [0.1, 0.15) is 6.92 Å². The van der Waals surface area contributed by atoms with Gasteiger partial charge in [0.1, 0.15) is 13.2 Å². The van der Waals surface area contributed by atoms with E-state index in [1.807, 2.05) is 30.5 Å². The molecular formula is C17H19N3O3S. The molecule has 1 atom stereocenters. The fourth-order valence-corrected chi connectivity index (χ4v) is 3.49. The number of ether oxygens (including phenoxy) is 2. The van der Waals surface area contributed by atoms with Gasteiger partial charge in [-0.3, -0.25) is 4.79 Å². The summed E-state index contributed by atoms with van der Waals surface area (Å²) in [6, 6.07) is 5.78. The molecule has 1 unspecified atom stereocenters. The van der Waals surface area contributed by atoms with Crippen LogP contribution in [0.3, 0.4) is 0 Å². The second kappa shape index (κ2) is 6.41. The summed E-state index contributed by atoms with van der Waals surface area (Å²) >= 11 is 1.43. The SMILES string of the molecule is CC(C(=O)Nc1nc(-c2ccc3c(c2)OCCO3)cs1)C1CNC1. The van der Waals surface area contributed by atoms with Crippen molar-refractivity contribution < 1.29 is 14.3 Å². The van der Waals surface area contributed by atoms with Crippen LogP contribution >= 0.6 is 11.3 Å². The minimum Gasteiger partial charge on any atom is -0.486 e. The van der Waals surface area contributed by atoms with Crippen molar-refractivity contribution in [3.63, 3.8) is 0 Å². The first-order chi connectivity index (χ1) is 11.7. The van der Waals surface area contributed by atoms with Crippen LogP contribution < -0.4 is 20.1 Å². The molecule has 1 aromatic heterocycles. The van der Waals surface area contributed by atoms with Crippen LogP contribution in [0, 0.1) is 11.8 Å². The first-order valence-corrected chi connectivity index (χ1v) is 8.96. The average Bonchev–Trinajstić information content (AvgIpc) is 3.01. The minimum atomic E-state index is -0.00658. The van der Waals surface area contributed by atoms with E-state index in [-0.39, 0.29) is 11.8 Å². The molecule has 1 saturated heterocycles. The number of thiazole rings is 1. The van der Waals surface area contributed by atoms with Crippen molar-refractivity contribution in [3.05, 3.63) is 23.6 Å². The number of hydrogen-bond donors (Lipinski definition) is 2. The maximum atomic E-state index is 12.3. The Kier molecular flexibility index (Phi) is 4.12. The molecule has 2 aromatic rings. The first-order valence-electron chi connectivity index (χ1n) is 8.08. The Morgan fingerprint density at radius 1 is 1.33 bits per heavy atom. The summed E-state index contributed by atoms with van der Waals surface area (Å²) in [5, 5.41) is 8.69. The number of nitrogens with one attached hydrogen (secondary N) is 2. The number of rotatable bonds is 4. The van der Waals surface area contributed by atoms with Gasteiger partial charge in [-0.05, 0) is 37.2 Å². The second-order valence-electron chi connectivity index (χ2n) is 6.09. The van der Waals surface area contributed by atoms with Gasteiger partial charge in [-0.1, -0.05) is 6.92 Å². The third-order valence-electron chi connectivity index (χ3n) is 4.51. The molecule has 1 fully saturated rings. The smallest absolute Gasteiger partial charge is 0.229 e. The lowest BCUT2D eigenvalue weighted by molar-refractivity contribution is -0.121. The zero-order valence-electron chi connectivity index (χ0n) is 13.4. The fraction of sp³-hybridized carbons (Fsp3) is 0.412. The maximum absolute atomic E-state index is 12.3. The van der Waals surface area contributed by atoms with E-state index in [1.165, 1.54) is 11.3 Å². The Labute approximate surface area is 144 Å². The molecule has 0 aliphatic carbocycles. The highest BCUT2D eigenvalue weighted by Gasteiger charge is 2.29. The highest BCUT2D eigenvalue weighted by Crippen LogP contribution is 2.35. The molecule has 6 nitrogen and oxygen atoms in total. The zero-order valence-corrected chi connectivity index (χ0v) is 14.2. The number of nitrogens with zero attached hydrogens (tertiary/aromatic N) is 1. The normalized spacial score (nSPS) is 17.9. The average molecular weight is 345 g/mol. The maximum Gasteiger partial charge on any atom is 0.229 e. The fourth-order valence-electron chi connectivity index (χ4n) is 2.76. The number of anilines is 1. The van der Waals surface area contributed by atoms with Crippen molar-refractivity contribution in [3.8, 4) is 22.8 Å². The Morgan fingerprint density at radius 2 is 2.12 bits per heavy atom. The molecule has 126 valence electrons. The van der Waals surface area contributed by atoms with E-state index in [0.29, 0.717) is 24.3 Å². The van der Waals surface area contributed by atoms with Gasteiger partial charge in [0.25, 0.3) is 0 Å². The van der Waals surface area contributed by atoms with Gasteiger partial charge in [-0.25, -0.2) is 4.98 Å². The molecule has 0 bridgehead atoms. The molecule has 0 radical (unpaired) electrons. The van der Waals surface area contributed by atoms with Crippen molar-refractivity contribution in [1.82, 2.24) is 10.3 Å². The summed E-state index contributed by atoms with van der Waals surface area (Å²) in [4.78, 5) is 16.8. The lowest BCUT2D eigenvalue weighted by atomic mass is 9.88. The van der Waals surface area contributed by atoms with Crippen LogP contribution in [-0.2, 0) is 4.79 Å². The molecule has 2 N–H and O–H groups in total. The van der Waals surface area contributed by atoms with Gasteiger partial charge in [-0.15, -0.1) is 11.3 Å². The van der Waals surface area contributed by atoms with E-state index in [2.05, 4.69) is 15.6 Å². The van der Waals surface area contributed by atoms with Crippen LogP contribution in [-0.4, -0.2) is 37.2 Å². The number of carbonyl (C=O) groups is 1. The Bertz CT molecular complexity index is 757. The summed E-state index contributed by atoms with van der Waals surface area (Å²) in [7, 11) is 0. The van der Waals surface area contributed by atoms with Crippen molar-refractivity contribution >= 4 is 22.4 Å². The summed E-state index contributed by atoms with van der Waals surface area (Å²) in [5.74, 6) is 1.94. The molecule has 2 aliphatic heterocycles. The summed E-state index contributed by atoms with van der Waals surface area (Å²) < 4.78 is 11.1. The lowest BCUT2D eigenvalue weighted by Crippen LogP contribution is -2.48. The number of amides is 1.